The third kappa shape index (κ3) is 23.2. The lowest BCUT2D eigenvalue weighted by Crippen LogP contribution is -2.54. The summed E-state index contributed by atoms with van der Waals surface area (Å²) in [5.41, 5.74) is 42.8. The van der Waals surface area contributed by atoms with E-state index in [0.717, 1.165) is 181 Å². The second kappa shape index (κ2) is 44.2. The van der Waals surface area contributed by atoms with Crippen molar-refractivity contribution in [1.82, 2.24) is 0 Å². The van der Waals surface area contributed by atoms with Crippen LogP contribution in [0, 0.1) is 163 Å². The van der Waals surface area contributed by atoms with Gasteiger partial charge in [-0.15, -0.1) is 0 Å². The summed E-state index contributed by atoms with van der Waals surface area (Å²) >= 11 is 0. The van der Waals surface area contributed by atoms with Crippen molar-refractivity contribution >= 4 is 46.1 Å². The number of nitrogen functional groups attached to an aromatic ring is 6. The second-order valence-corrected chi connectivity index (χ2v) is 48.6. The van der Waals surface area contributed by atoms with E-state index in [1.165, 1.54) is 218 Å². The summed E-state index contributed by atoms with van der Waals surface area (Å²) in [5, 5.41) is 9.91. The predicted octanol–water partition coefficient (Wildman–Crippen LogP) is 28.1. The number of unbranched alkanes of at least 4 members (excludes halogenated alkanes) is 2. The first-order valence-corrected chi connectivity index (χ1v) is 53.5. The Morgan fingerprint density at radius 3 is 1.20 bits per heavy atom. The monoisotopic (exact) mass is 1770 g/mol. The minimum atomic E-state index is -0.366. The Labute approximate surface area is 778 Å². The summed E-state index contributed by atoms with van der Waals surface area (Å²) in [6.07, 6.45) is 54.8. The number of nitrogens with two attached hydrogens (primary N) is 6. The van der Waals surface area contributed by atoms with Gasteiger partial charge in [0.15, 0.2) is 0 Å². The van der Waals surface area contributed by atoms with Gasteiger partial charge in [-0.1, -0.05) is 162 Å². The topological polar surface area (TPSA) is 266 Å². The average Bonchev–Trinajstić information content (AvgIpc) is 1.45. The molecule has 15 rings (SSSR count). The number of ether oxygens (including phenoxy) is 5. The van der Waals surface area contributed by atoms with Gasteiger partial charge in [0.05, 0.1) is 42.8 Å². The van der Waals surface area contributed by atoms with Crippen molar-refractivity contribution in [2.75, 3.05) is 60.8 Å². The summed E-state index contributed by atoms with van der Waals surface area (Å²) in [6, 6.07) is 15.5. The minimum Gasteiger partial charge on any atom is -0.491 e. The molecule has 28 atom stereocenters. The summed E-state index contributed by atoms with van der Waals surface area (Å²) in [6.45, 7) is 40.9. The number of hydrogen-bond acceptors (Lipinski definition) is 15. The van der Waals surface area contributed by atoms with Crippen molar-refractivity contribution in [3.8, 4) is 5.75 Å². The van der Waals surface area contributed by atoms with Crippen LogP contribution < -0.4 is 39.1 Å². The van der Waals surface area contributed by atoms with Gasteiger partial charge in [-0.2, -0.15) is 0 Å². The van der Waals surface area contributed by atoms with Gasteiger partial charge in [0.25, 0.3) is 0 Å². The molecule has 12 fully saturated rings. The quantitative estimate of drug-likeness (QED) is 0.00938. The summed E-state index contributed by atoms with van der Waals surface area (Å²) in [5.74, 6) is 19.0. The average molecular weight is 1770 g/mol. The van der Waals surface area contributed by atoms with Crippen LogP contribution in [-0.2, 0) is 35.2 Å². The highest BCUT2D eigenvalue weighted by atomic mass is 17.1. The number of carbonyl (C=O) groups excluding carboxylic acids is 2. The Morgan fingerprint density at radius 2 is 0.773 bits per heavy atom. The second-order valence-electron chi connectivity index (χ2n) is 48.6. The van der Waals surface area contributed by atoms with Crippen molar-refractivity contribution in [3.05, 3.63) is 65.7 Å². The molecule has 13 N–H and O–H groups in total. The molecule has 0 bridgehead atoms. The van der Waals surface area contributed by atoms with E-state index in [1.54, 1.807) is 42.5 Å². The lowest BCUT2D eigenvalue weighted by atomic mass is 9.43. The molecule has 15 heteroatoms. The van der Waals surface area contributed by atoms with Crippen LogP contribution in [0.1, 0.15) is 389 Å². The first kappa shape index (κ1) is 100. The van der Waals surface area contributed by atoms with E-state index in [-0.39, 0.29) is 37.0 Å². The molecule has 0 amide bonds. The van der Waals surface area contributed by atoms with Crippen LogP contribution in [0.2, 0.25) is 0 Å². The lowest BCUT2D eigenvalue weighted by molar-refractivity contribution is -0.297. The molecule has 128 heavy (non-hydrogen) atoms. The van der Waals surface area contributed by atoms with Crippen LogP contribution in [0.4, 0.5) is 34.1 Å². The Balaban J connectivity index is 0.000000164. The highest BCUT2D eigenvalue weighted by molar-refractivity contribution is 5.91. The van der Waals surface area contributed by atoms with Gasteiger partial charge in [-0.05, 0) is 428 Å². The molecule has 0 radical (unpaired) electrons. The molecule has 0 spiro atoms. The van der Waals surface area contributed by atoms with E-state index in [9.17, 15) is 14.8 Å². The van der Waals surface area contributed by atoms with Crippen molar-refractivity contribution in [2.45, 2.75) is 398 Å². The highest BCUT2D eigenvalue weighted by Crippen LogP contribution is 2.73. The molecule has 12 aliphatic carbocycles. The first-order valence-electron chi connectivity index (χ1n) is 53.5. The molecule has 3 aromatic rings. The molecule has 722 valence electrons. The van der Waals surface area contributed by atoms with Gasteiger partial charge >= 0.3 is 11.9 Å². The maximum absolute atomic E-state index is 12.6. The zero-order valence-corrected chi connectivity index (χ0v) is 83.5. The first-order chi connectivity index (χ1) is 61.1. The van der Waals surface area contributed by atoms with E-state index >= 15 is 0 Å². The van der Waals surface area contributed by atoms with Crippen molar-refractivity contribution in [1.29, 1.82) is 0 Å². The van der Waals surface area contributed by atoms with Gasteiger partial charge in [0.1, 0.15) is 12.4 Å². The van der Waals surface area contributed by atoms with Crippen LogP contribution in [0.3, 0.4) is 0 Å². The van der Waals surface area contributed by atoms with Gasteiger partial charge < -0.3 is 58.1 Å². The van der Waals surface area contributed by atoms with Gasteiger partial charge in [0, 0.05) is 48.1 Å². The van der Waals surface area contributed by atoms with E-state index in [4.69, 9.17) is 63.0 Å². The van der Waals surface area contributed by atoms with Crippen molar-refractivity contribution in [3.63, 3.8) is 0 Å². The standard InChI is InChI=1S/C38H62N2O4.C38H62N2O3.C37H62N2O2/c1-24(2)7-6-8-25(3)32-11-12-33-31-10-9-28-21-27(15-17-37(28,4)34(31)16-18-38(32,33)5)35(44-42)13-14-36(41)43-23-26-19-29(39)22-30(40)20-26;1-25(2)9-8-10-26(3)33-13-14-34-32-12-11-28-23-31(15-17-37(28,4)35(32)16-18-38(33,34)5)42-19-6-7-20-43-36(41)27-21-29(39)24-30(40)22-27;1-25(2)9-8-10-26(3)31-14-15-32-30-13-11-27-23-29(17-19-36(27,4)33(30)18-20-37(31,32)5)40-21-6-7-22-41-35-16-12-28(38)24-34(35)39/h19-20,22,24-25,27-28,31-35,42H,6-18,21,23,39-40H2,1-5H3;21-22,24-26,28,31-35H,6-20,23,39-40H2,1-5H3;12,16,24-27,29-33H,6-11,13-15,17-23,38-39H2,1-5H3. The molecular weight excluding hydrogens is 1590 g/mol. The fourth-order valence-corrected chi connectivity index (χ4v) is 33.0. The molecule has 12 saturated carbocycles. The third-order valence-electron chi connectivity index (χ3n) is 39.8. The van der Waals surface area contributed by atoms with Crippen LogP contribution >= 0.6 is 0 Å². The molecule has 28 unspecified atom stereocenters. The molecule has 0 aliphatic heterocycles. The smallest absolute Gasteiger partial charge is 0.338 e. The normalized spacial score (nSPS) is 36.5. The van der Waals surface area contributed by atoms with E-state index in [2.05, 4.69) is 104 Å². The minimum absolute atomic E-state index is 0.142. The fraction of sp³-hybridized carbons (Fsp3) is 0.823. The molecule has 0 saturated heterocycles. The largest absolute Gasteiger partial charge is 0.491 e. The zero-order valence-electron chi connectivity index (χ0n) is 83.5. The fourth-order valence-electron chi connectivity index (χ4n) is 33.0. The van der Waals surface area contributed by atoms with E-state index in [0.29, 0.717) is 110 Å². The molecular formula is C113H186N6O9. The zero-order chi connectivity index (χ0) is 91.6. The Kier molecular flexibility index (Phi) is 34.7. The van der Waals surface area contributed by atoms with Crippen molar-refractivity contribution < 1.29 is 43.4 Å². The summed E-state index contributed by atoms with van der Waals surface area (Å²) in [7, 11) is 0. The number of esters is 2. The maximum Gasteiger partial charge on any atom is 0.338 e. The Hall–Kier alpha value is -4.96. The van der Waals surface area contributed by atoms with Gasteiger partial charge in [-0.3, -0.25) is 10.1 Å². The molecule has 0 aromatic heterocycles. The number of hydrogen-bond donors (Lipinski definition) is 7. The number of fused-ring (bicyclic) bond motifs is 15. The van der Waals surface area contributed by atoms with Gasteiger partial charge in [-0.25, -0.2) is 9.68 Å². The Morgan fingerprint density at radius 1 is 0.383 bits per heavy atom. The Bertz CT molecular complexity index is 3960. The van der Waals surface area contributed by atoms with Crippen molar-refractivity contribution in [2.24, 2.45) is 163 Å². The van der Waals surface area contributed by atoms with Crippen LogP contribution in [0.25, 0.3) is 0 Å². The van der Waals surface area contributed by atoms with Crippen LogP contribution in [0.15, 0.2) is 54.6 Å². The lowest BCUT2D eigenvalue weighted by Gasteiger charge is -2.61. The molecule has 0 heterocycles. The summed E-state index contributed by atoms with van der Waals surface area (Å²) in [4.78, 5) is 29.9. The molecule has 15 nitrogen and oxygen atoms in total. The third-order valence-corrected chi connectivity index (χ3v) is 39.8. The van der Waals surface area contributed by atoms with Gasteiger partial charge in [0.2, 0.25) is 0 Å². The number of carbonyl (C=O) groups is 2. The maximum atomic E-state index is 12.6. The van der Waals surface area contributed by atoms with E-state index in [1.807, 2.05) is 12.1 Å². The highest BCUT2D eigenvalue weighted by Gasteiger charge is 2.65. The number of rotatable bonds is 36. The predicted molar refractivity (Wildman–Crippen MR) is 529 cm³/mol. The molecule has 12 aliphatic rings. The SMILES string of the molecule is CC(C)CCCC(C)C1CCC2C3CCC4CC(C(CCC(=O)OCc5cc(N)cc(N)c5)OO)CCC4(C)C3CCC12C.CC(C)CCCC(C)C1CCC2C3CCC4CC(OCCCCOC(=O)c5cc(N)cc(N)c5)CCC4(C)C3CCC12C.CC(C)CCCC(C)C1CCC2C3CCC4CC(OCCCCOc5ccc(N)cc5N)CCC4(C)C3CCC12C. The number of benzene rings is 3. The molecule has 3 aromatic carbocycles. The van der Waals surface area contributed by atoms with Crippen LogP contribution in [-0.4, -0.2) is 61.9 Å². The summed E-state index contributed by atoms with van der Waals surface area (Å²) < 4.78 is 29.7. The van der Waals surface area contributed by atoms with Crippen LogP contribution in [0.5, 0.6) is 5.75 Å². The van der Waals surface area contributed by atoms with E-state index < -0.39 is 0 Å². The number of anilines is 6.